The first-order valence-corrected chi connectivity index (χ1v) is 30.3. The average Bonchev–Trinajstić information content (AvgIpc) is 3.30. The zero-order chi connectivity index (χ0) is 39.9. The number of halogens is 3. The highest BCUT2D eigenvalue weighted by Gasteiger charge is 2.64. The Morgan fingerprint density at radius 3 is 1.69 bits per heavy atom. The molecule has 11 atom stereocenters. The summed E-state index contributed by atoms with van der Waals surface area (Å²) in [5.74, 6) is 2.03. The maximum absolute atomic E-state index is 14.9. The van der Waals surface area contributed by atoms with E-state index >= 15 is 0 Å². The monoisotopic (exact) mass is 787 g/mol. The Labute approximate surface area is 322 Å². The minimum atomic E-state index is -4.47. The highest BCUT2D eigenvalue weighted by molar-refractivity contribution is 6.74. The van der Waals surface area contributed by atoms with Crippen molar-refractivity contribution in [3.8, 4) is 0 Å². The highest BCUT2D eigenvalue weighted by atomic mass is 28.4. The summed E-state index contributed by atoms with van der Waals surface area (Å²) < 4.78 is 65.5. The van der Waals surface area contributed by atoms with Gasteiger partial charge in [-0.15, -0.1) is 0 Å². The van der Waals surface area contributed by atoms with Crippen LogP contribution in [0.2, 0.25) is 55.9 Å². The molecule has 0 aromatic rings. The molecule has 0 bridgehead atoms. The molecular formula is C43H81F3O3Si3. The molecule has 52 heavy (non-hydrogen) atoms. The lowest BCUT2D eigenvalue weighted by atomic mass is 9.44. The van der Waals surface area contributed by atoms with E-state index in [0.717, 1.165) is 25.7 Å². The number of alkyl halides is 3. The smallest absolute Gasteiger partial charge is 0.414 e. The summed E-state index contributed by atoms with van der Waals surface area (Å²) in [4.78, 5) is 0. The van der Waals surface area contributed by atoms with Crippen LogP contribution < -0.4 is 0 Å². The van der Waals surface area contributed by atoms with Gasteiger partial charge in [-0.2, -0.15) is 13.2 Å². The predicted octanol–water partition coefficient (Wildman–Crippen LogP) is 14.0. The van der Waals surface area contributed by atoms with Crippen molar-refractivity contribution in [1.82, 2.24) is 0 Å². The van der Waals surface area contributed by atoms with Crippen molar-refractivity contribution in [2.75, 3.05) is 0 Å². The Kier molecular flexibility index (Phi) is 12.5. The Balaban J connectivity index is 1.66. The Hall–Kier alpha value is 0.0606. The Morgan fingerprint density at radius 1 is 0.673 bits per heavy atom. The van der Waals surface area contributed by atoms with Crippen molar-refractivity contribution in [2.45, 2.75) is 207 Å². The van der Waals surface area contributed by atoms with Crippen LogP contribution in [0.5, 0.6) is 0 Å². The summed E-state index contributed by atoms with van der Waals surface area (Å²) >= 11 is 0. The summed E-state index contributed by atoms with van der Waals surface area (Å²) in [5, 5.41) is 0.320. The van der Waals surface area contributed by atoms with Gasteiger partial charge in [0.2, 0.25) is 0 Å². The molecule has 4 saturated carbocycles. The van der Waals surface area contributed by atoms with Gasteiger partial charge in [0.25, 0.3) is 0 Å². The van der Waals surface area contributed by atoms with E-state index in [0.29, 0.717) is 35.7 Å². The first kappa shape index (κ1) is 44.8. The van der Waals surface area contributed by atoms with E-state index < -0.39 is 42.6 Å². The van der Waals surface area contributed by atoms with E-state index in [1.165, 1.54) is 31.8 Å². The van der Waals surface area contributed by atoms with E-state index in [1.54, 1.807) is 13.8 Å². The topological polar surface area (TPSA) is 27.7 Å². The molecular weight excluding hydrogens is 706 g/mol. The van der Waals surface area contributed by atoms with Gasteiger partial charge in [0.1, 0.15) is 0 Å². The first-order valence-electron chi connectivity index (χ1n) is 21.0. The molecule has 0 radical (unpaired) electrons. The largest absolute Gasteiger partial charge is 0.420 e. The molecule has 4 aliphatic carbocycles. The molecule has 0 N–H and O–H groups in total. The zero-order valence-corrected chi connectivity index (χ0v) is 39.9. The molecule has 3 nitrogen and oxygen atoms in total. The van der Waals surface area contributed by atoms with Gasteiger partial charge in [0.05, 0.1) is 0 Å². The van der Waals surface area contributed by atoms with Crippen LogP contribution in [0.3, 0.4) is 0 Å². The molecule has 1 unspecified atom stereocenters. The number of hydrogen-bond acceptors (Lipinski definition) is 3. The third-order valence-corrected chi connectivity index (χ3v) is 26.2. The quantitative estimate of drug-likeness (QED) is 0.163. The molecule has 0 saturated heterocycles. The number of fused-ring (bicyclic) bond motifs is 5. The average molecular weight is 787 g/mol. The molecule has 0 amide bonds. The minimum absolute atomic E-state index is 0.0476. The van der Waals surface area contributed by atoms with Crippen molar-refractivity contribution in [1.29, 1.82) is 0 Å². The molecule has 0 aliphatic heterocycles. The lowest BCUT2D eigenvalue weighted by molar-refractivity contribution is -0.246. The van der Waals surface area contributed by atoms with Crippen LogP contribution in [-0.2, 0) is 13.3 Å². The fourth-order valence-corrected chi connectivity index (χ4v) is 15.5. The van der Waals surface area contributed by atoms with Gasteiger partial charge in [0.15, 0.2) is 30.6 Å². The summed E-state index contributed by atoms with van der Waals surface area (Å²) in [7, 11) is -6.46. The molecule has 4 aliphatic rings. The van der Waals surface area contributed by atoms with Crippen molar-refractivity contribution in [3.05, 3.63) is 12.2 Å². The molecule has 0 aromatic carbocycles. The molecule has 0 spiro atoms. The lowest BCUT2D eigenvalue weighted by Crippen LogP contribution is -2.61. The van der Waals surface area contributed by atoms with Gasteiger partial charge < -0.3 is 13.3 Å². The third-order valence-electron chi connectivity index (χ3n) is 16.3. The standard InChI is InChI=1S/C43H81F3O3Si3/c1-29(2)42(43(44,45)46,49-50(12,13)14)26-21-30(3)33-19-20-34-32-28-37(48-52(17,18)39(7,8)9)36-27-31(47-51(15,16)38(4,5)6)22-24-41(36,11)35(32)23-25-40(33,34)10/h21,26,29-37H,19-20,22-25,27-28H2,1-18H3/b26-21+/t30-,31-,32+,33-,34+,35+,36+,37+,40-,41-,42?/m1/s1. The molecule has 4 rings (SSSR count). The van der Waals surface area contributed by atoms with Crippen LogP contribution in [0.25, 0.3) is 0 Å². The van der Waals surface area contributed by atoms with Crippen LogP contribution in [0.1, 0.15) is 128 Å². The number of allylic oxidation sites excluding steroid dienone is 1. The Bertz CT molecular complexity index is 1280. The predicted molar refractivity (Wildman–Crippen MR) is 221 cm³/mol. The van der Waals surface area contributed by atoms with Gasteiger partial charge >= 0.3 is 6.18 Å². The van der Waals surface area contributed by atoms with Crippen LogP contribution in [0, 0.1) is 52.3 Å². The second kappa shape index (κ2) is 14.5. The first-order chi connectivity index (χ1) is 23.2. The van der Waals surface area contributed by atoms with Gasteiger partial charge in [-0.25, -0.2) is 0 Å². The van der Waals surface area contributed by atoms with Crippen LogP contribution in [-0.4, -0.2) is 48.9 Å². The van der Waals surface area contributed by atoms with Gasteiger partial charge in [0, 0.05) is 12.2 Å². The lowest BCUT2D eigenvalue weighted by Gasteiger charge is -2.64. The van der Waals surface area contributed by atoms with Gasteiger partial charge in [-0.05, 0) is 166 Å². The summed E-state index contributed by atoms with van der Waals surface area (Å²) in [6.45, 7) is 40.0. The zero-order valence-electron chi connectivity index (χ0n) is 36.9. The minimum Gasteiger partial charge on any atom is -0.414 e. The van der Waals surface area contributed by atoms with E-state index in [-0.39, 0.29) is 32.9 Å². The van der Waals surface area contributed by atoms with Gasteiger partial charge in [-0.3, -0.25) is 0 Å². The van der Waals surface area contributed by atoms with Crippen LogP contribution in [0.4, 0.5) is 13.2 Å². The molecule has 0 aromatic heterocycles. The summed E-state index contributed by atoms with van der Waals surface area (Å²) in [6.07, 6.45) is 8.61. The normalized spacial score (nSPS) is 37.1. The molecule has 9 heteroatoms. The molecule has 304 valence electrons. The molecule has 4 fully saturated rings. The van der Waals surface area contributed by atoms with Crippen molar-refractivity contribution in [2.24, 2.45) is 52.3 Å². The van der Waals surface area contributed by atoms with Crippen molar-refractivity contribution >= 4 is 25.0 Å². The van der Waals surface area contributed by atoms with Crippen molar-refractivity contribution in [3.63, 3.8) is 0 Å². The van der Waals surface area contributed by atoms with Gasteiger partial charge in [-0.1, -0.05) is 82.2 Å². The van der Waals surface area contributed by atoms with E-state index in [4.69, 9.17) is 13.3 Å². The van der Waals surface area contributed by atoms with E-state index in [1.807, 2.05) is 25.7 Å². The molecule has 0 heterocycles. The maximum Gasteiger partial charge on any atom is 0.420 e. The third kappa shape index (κ3) is 8.36. The fraction of sp³-hybridized carbons (Fsp3) is 0.953. The summed E-state index contributed by atoms with van der Waals surface area (Å²) in [5.41, 5.74) is -1.93. The maximum atomic E-state index is 14.9. The van der Waals surface area contributed by atoms with Crippen molar-refractivity contribution < 1.29 is 26.4 Å². The second-order valence-corrected chi connectivity index (χ2v) is 37.0. The SMILES string of the molecule is CC(C)C(/C=C/[C@@H](C)[C@H]1CC[C@H]2[C@@H]3C[C@H](O[Si](C)(C)C(C)(C)C)[C@@H]4C[C@H](O[Si](C)(C)C(C)(C)C)CC[C@]4(C)[C@H]3CC[C@]12C)(O[Si](C)(C)C)C(F)(F)F. The summed E-state index contributed by atoms with van der Waals surface area (Å²) in [6, 6.07) is 0. The Morgan fingerprint density at radius 2 is 1.19 bits per heavy atom. The highest BCUT2D eigenvalue weighted by Crippen LogP contribution is 2.69. The number of rotatable bonds is 10. The fourth-order valence-electron chi connectivity index (χ4n) is 11.3. The number of hydrogen-bond donors (Lipinski definition) is 0. The van der Waals surface area contributed by atoms with Crippen LogP contribution in [0.15, 0.2) is 12.2 Å². The van der Waals surface area contributed by atoms with E-state index in [9.17, 15) is 13.2 Å². The van der Waals surface area contributed by atoms with E-state index in [2.05, 4.69) is 88.5 Å². The van der Waals surface area contributed by atoms with Crippen LogP contribution >= 0.6 is 0 Å². The second-order valence-electron chi connectivity index (χ2n) is 23.0.